The van der Waals surface area contributed by atoms with E-state index in [1.165, 1.54) is 23.9 Å². The average molecular weight is 476 g/mol. The van der Waals surface area contributed by atoms with E-state index < -0.39 is 0 Å². The van der Waals surface area contributed by atoms with E-state index in [1.807, 2.05) is 49.4 Å². The van der Waals surface area contributed by atoms with Gasteiger partial charge in [0.1, 0.15) is 15.8 Å². The molecule has 33 heavy (non-hydrogen) atoms. The molecule has 2 aliphatic heterocycles. The predicted octanol–water partition coefficient (Wildman–Crippen LogP) is 6.82. The van der Waals surface area contributed by atoms with E-state index >= 15 is 0 Å². The van der Waals surface area contributed by atoms with E-state index in [0.29, 0.717) is 15.8 Å². The second-order valence-corrected chi connectivity index (χ2v) is 9.67. The molecule has 4 nitrogen and oxygen atoms in total. The van der Waals surface area contributed by atoms with Crippen molar-refractivity contribution in [3.63, 3.8) is 0 Å². The molecule has 3 aromatic rings. The normalized spacial score (nSPS) is 20.0. The molecule has 166 valence electrons. The first-order valence-corrected chi connectivity index (χ1v) is 12.4. The number of nitrogens with zero attached hydrogens (tertiary/aromatic N) is 3. The van der Waals surface area contributed by atoms with Crippen molar-refractivity contribution in [2.45, 2.75) is 24.8 Å². The second kappa shape index (κ2) is 9.08. The van der Waals surface area contributed by atoms with Gasteiger partial charge in [-0.3, -0.25) is 14.7 Å². The molecular formula is C26H22FN3OS2. The lowest BCUT2D eigenvalue weighted by atomic mass is 10.1. The molecule has 7 heteroatoms. The zero-order valence-corrected chi connectivity index (χ0v) is 19.9. The zero-order chi connectivity index (χ0) is 22.9. The number of thioether (sulfide) groups is 2. The van der Waals surface area contributed by atoms with Crippen molar-refractivity contribution in [3.8, 4) is 0 Å². The minimum atomic E-state index is -0.341. The van der Waals surface area contributed by atoms with Crippen LogP contribution >= 0.6 is 23.5 Å². The third-order valence-electron chi connectivity index (χ3n) is 5.57. The van der Waals surface area contributed by atoms with E-state index in [-0.39, 0.29) is 17.8 Å². The third-order valence-corrected chi connectivity index (χ3v) is 7.93. The number of fused-ring (bicyclic) bond motifs is 1. The summed E-state index contributed by atoms with van der Waals surface area (Å²) in [5, 5.41) is 1.51. The highest BCUT2D eigenvalue weighted by molar-refractivity contribution is 8.20. The van der Waals surface area contributed by atoms with Gasteiger partial charge in [-0.15, -0.1) is 0 Å². The van der Waals surface area contributed by atoms with Gasteiger partial charge in [0.25, 0.3) is 5.91 Å². The molecule has 5 rings (SSSR count). The Morgan fingerprint density at radius 3 is 2.36 bits per heavy atom. The number of carbonyl (C=O) groups excluding carboxylic acids is 1. The van der Waals surface area contributed by atoms with Crippen molar-refractivity contribution in [2.24, 2.45) is 4.99 Å². The van der Waals surface area contributed by atoms with E-state index in [1.54, 1.807) is 28.8 Å². The fourth-order valence-electron chi connectivity index (χ4n) is 3.90. The van der Waals surface area contributed by atoms with Gasteiger partial charge >= 0.3 is 0 Å². The van der Waals surface area contributed by atoms with Crippen LogP contribution in [-0.4, -0.2) is 17.6 Å². The highest BCUT2D eigenvalue weighted by Gasteiger charge is 2.40. The van der Waals surface area contributed by atoms with Gasteiger partial charge in [-0.25, -0.2) is 4.39 Å². The number of para-hydroxylation sites is 1. The monoisotopic (exact) mass is 475 g/mol. The minimum Gasteiger partial charge on any atom is -0.334 e. The lowest BCUT2D eigenvalue weighted by Crippen LogP contribution is -2.30. The SMILES string of the molecule is CCN1/C(=C2/SC(=NC(C)c3ccccc3)N(c3ccc(F)cc3)C2=O)Sc2ccccc21. The number of rotatable bonds is 4. The third kappa shape index (κ3) is 4.07. The molecule has 0 saturated carbocycles. The molecule has 0 aliphatic carbocycles. The van der Waals surface area contributed by atoms with E-state index in [9.17, 15) is 9.18 Å². The molecular weight excluding hydrogens is 453 g/mol. The number of amidine groups is 1. The largest absolute Gasteiger partial charge is 0.334 e. The van der Waals surface area contributed by atoms with Gasteiger partial charge in [-0.2, -0.15) is 0 Å². The Hall–Kier alpha value is -3.03. The highest BCUT2D eigenvalue weighted by atomic mass is 32.2. The van der Waals surface area contributed by atoms with Gasteiger partial charge in [-0.05, 0) is 67.6 Å². The topological polar surface area (TPSA) is 35.9 Å². The number of benzene rings is 3. The number of amides is 1. The van der Waals surface area contributed by atoms with Crippen LogP contribution in [0.2, 0.25) is 0 Å². The smallest absolute Gasteiger partial charge is 0.274 e. The van der Waals surface area contributed by atoms with Gasteiger partial charge in [-0.1, -0.05) is 54.2 Å². The number of carbonyl (C=O) groups is 1. The molecule has 2 heterocycles. The van der Waals surface area contributed by atoms with Gasteiger partial charge in [0.2, 0.25) is 0 Å². The molecule has 1 atom stereocenters. The summed E-state index contributed by atoms with van der Waals surface area (Å²) in [7, 11) is 0. The van der Waals surface area contributed by atoms with E-state index in [2.05, 4.69) is 24.0 Å². The first kappa shape index (κ1) is 21.8. The Morgan fingerprint density at radius 2 is 1.64 bits per heavy atom. The van der Waals surface area contributed by atoms with Crippen LogP contribution in [0, 0.1) is 5.82 Å². The van der Waals surface area contributed by atoms with Crippen LogP contribution in [0.4, 0.5) is 15.8 Å². The summed E-state index contributed by atoms with van der Waals surface area (Å²) in [6.45, 7) is 4.84. The number of anilines is 2. The second-order valence-electron chi connectivity index (χ2n) is 7.67. The molecule has 0 aromatic heterocycles. The number of aliphatic imine (C=N–C) groups is 1. The quantitative estimate of drug-likeness (QED) is 0.388. The minimum absolute atomic E-state index is 0.135. The Kier molecular flexibility index (Phi) is 6.00. The maximum absolute atomic E-state index is 13.8. The van der Waals surface area contributed by atoms with Gasteiger partial charge in [0.05, 0.1) is 17.4 Å². The predicted molar refractivity (Wildman–Crippen MR) is 136 cm³/mol. The molecule has 1 unspecified atom stereocenters. The van der Waals surface area contributed by atoms with Crippen molar-refractivity contribution < 1.29 is 9.18 Å². The summed E-state index contributed by atoms with van der Waals surface area (Å²) in [5.74, 6) is -0.480. The summed E-state index contributed by atoms with van der Waals surface area (Å²) in [6.07, 6.45) is 0. The molecule has 1 saturated heterocycles. The molecule has 0 spiro atoms. The van der Waals surface area contributed by atoms with Crippen molar-refractivity contribution in [1.29, 1.82) is 0 Å². The maximum Gasteiger partial charge on any atom is 0.274 e. The van der Waals surface area contributed by atoms with Crippen molar-refractivity contribution in [1.82, 2.24) is 0 Å². The Labute approximate surface area is 201 Å². The first-order valence-electron chi connectivity index (χ1n) is 10.8. The molecule has 1 fully saturated rings. The van der Waals surface area contributed by atoms with Crippen LogP contribution in [0.3, 0.4) is 0 Å². The highest BCUT2D eigenvalue weighted by Crippen LogP contribution is 2.51. The van der Waals surface area contributed by atoms with Crippen molar-refractivity contribution >= 4 is 46.0 Å². The lowest BCUT2D eigenvalue weighted by molar-refractivity contribution is -0.113. The number of hydrogen-bond acceptors (Lipinski definition) is 5. The molecule has 2 aliphatic rings. The molecule has 3 aromatic carbocycles. The van der Waals surface area contributed by atoms with Crippen LogP contribution < -0.4 is 9.80 Å². The first-order chi connectivity index (χ1) is 16.1. The van der Waals surface area contributed by atoms with Gasteiger partial charge in [0, 0.05) is 11.4 Å². The van der Waals surface area contributed by atoms with Crippen LogP contribution in [-0.2, 0) is 4.79 Å². The van der Waals surface area contributed by atoms with Crippen molar-refractivity contribution in [2.75, 3.05) is 16.3 Å². The summed E-state index contributed by atoms with van der Waals surface area (Å²) in [4.78, 5) is 24.2. The van der Waals surface area contributed by atoms with E-state index in [0.717, 1.165) is 27.7 Å². The molecule has 0 bridgehead atoms. The maximum atomic E-state index is 13.8. The summed E-state index contributed by atoms with van der Waals surface area (Å²) < 4.78 is 13.6. The van der Waals surface area contributed by atoms with Crippen molar-refractivity contribution in [3.05, 3.63) is 100 Å². The zero-order valence-electron chi connectivity index (χ0n) is 18.2. The number of halogens is 1. The number of hydrogen-bond donors (Lipinski definition) is 0. The van der Waals surface area contributed by atoms with Crippen LogP contribution in [0.5, 0.6) is 0 Å². The fourth-order valence-corrected chi connectivity index (χ4v) is 6.35. The van der Waals surface area contributed by atoms with Crippen LogP contribution in [0.25, 0.3) is 0 Å². The molecule has 0 radical (unpaired) electrons. The van der Waals surface area contributed by atoms with Gasteiger partial charge in [0.15, 0.2) is 5.17 Å². The molecule has 0 N–H and O–H groups in total. The average Bonchev–Trinajstić information content (AvgIpc) is 3.37. The van der Waals surface area contributed by atoms with Crippen LogP contribution in [0.1, 0.15) is 25.5 Å². The Bertz CT molecular complexity index is 1260. The molecule has 1 amide bonds. The summed E-state index contributed by atoms with van der Waals surface area (Å²) in [5.41, 5.74) is 2.78. The fraction of sp³-hybridized carbons (Fsp3) is 0.154. The summed E-state index contributed by atoms with van der Waals surface area (Å²) in [6, 6.07) is 24.0. The lowest BCUT2D eigenvalue weighted by Gasteiger charge is -2.19. The summed E-state index contributed by atoms with van der Waals surface area (Å²) >= 11 is 2.99. The standard InChI is InChI=1S/C26H22FN3OS2/c1-3-29-21-11-7-8-12-22(21)32-25(29)23-24(31)30(20-15-13-19(27)14-16-20)26(33-23)28-17(2)18-9-5-4-6-10-18/h4-17H,3H2,1-2H3/b25-23-,28-26?. The Balaban J connectivity index is 1.60. The van der Waals surface area contributed by atoms with Crippen LogP contribution in [0.15, 0.2) is 98.7 Å². The van der Waals surface area contributed by atoms with Gasteiger partial charge < -0.3 is 4.90 Å². The Morgan fingerprint density at radius 1 is 0.939 bits per heavy atom. The van der Waals surface area contributed by atoms with E-state index in [4.69, 9.17) is 4.99 Å².